The first kappa shape index (κ1) is 18.9. The Kier molecular flexibility index (Phi) is 10.7. The van der Waals surface area contributed by atoms with Crippen LogP contribution in [0.4, 0.5) is 0 Å². The molecule has 0 aliphatic carbocycles. The zero-order valence-corrected chi connectivity index (χ0v) is 14.1. The number of ketones is 1. The van der Waals surface area contributed by atoms with Crippen LogP contribution in [0.2, 0.25) is 0 Å². The summed E-state index contributed by atoms with van der Waals surface area (Å²) in [5, 5.41) is 10.5. The van der Waals surface area contributed by atoms with Gasteiger partial charge in [-0.15, -0.1) is 0 Å². The second kappa shape index (κ2) is 12.4. The van der Waals surface area contributed by atoms with Crippen molar-refractivity contribution in [3.8, 4) is 0 Å². The van der Waals surface area contributed by atoms with E-state index in [0.29, 0.717) is 5.56 Å². The van der Waals surface area contributed by atoms with Gasteiger partial charge in [0.25, 0.3) is 0 Å². The highest BCUT2D eigenvalue weighted by atomic mass is 16.3. The average molecular weight is 303 g/mol. The van der Waals surface area contributed by atoms with Gasteiger partial charge in [-0.25, -0.2) is 5.11 Å². The number of carbonyl (C=O) groups is 1. The lowest BCUT2D eigenvalue weighted by atomic mass is 10.0. The highest BCUT2D eigenvalue weighted by Crippen LogP contribution is 2.13. The Hall–Kier alpha value is -1.15. The van der Waals surface area contributed by atoms with Gasteiger partial charge in [0, 0.05) is 5.56 Å². The fraction of sp³-hybridized carbons (Fsp3) is 0.650. The smallest absolute Gasteiger partial charge is 0.191 e. The highest BCUT2D eigenvalue weighted by Gasteiger charge is 2.04. The van der Waals surface area contributed by atoms with Crippen LogP contribution < -0.4 is 0 Å². The minimum absolute atomic E-state index is 0.314. The Morgan fingerprint density at radius 2 is 1.27 bits per heavy atom. The van der Waals surface area contributed by atoms with E-state index in [9.17, 15) is 9.90 Å². The Balaban J connectivity index is 2.01. The van der Waals surface area contributed by atoms with Crippen molar-refractivity contribution in [2.45, 2.75) is 77.6 Å². The number of aryl methyl sites for hydroxylation is 1. The quantitative estimate of drug-likeness (QED) is 0.337. The minimum atomic E-state index is -0.655. The molecule has 123 valence electrons. The van der Waals surface area contributed by atoms with Crippen molar-refractivity contribution >= 4 is 5.78 Å². The summed E-state index contributed by atoms with van der Waals surface area (Å²) in [4.78, 5) is 11.3. The number of unbranched alkanes of at least 4 members (excludes halogenated alkanes) is 9. The predicted octanol–water partition coefficient (Wildman–Crippen LogP) is 5.76. The summed E-state index contributed by atoms with van der Waals surface area (Å²) >= 11 is 0. The summed E-state index contributed by atoms with van der Waals surface area (Å²) in [6.45, 7) is 1.60. The molecule has 0 saturated carbocycles. The zero-order valence-electron chi connectivity index (χ0n) is 14.1. The van der Waals surface area contributed by atoms with Gasteiger partial charge >= 0.3 is 0 Å². The molecule has 0 aromatic heterocycles. The summed E-state index contributed by atoms with van der Waals surface area (Å²) in [6, 6.07) is 7.53. The lowest BCUT2D eigenvalue weighted by Crippen LogP contribution is -2.02. The molecule has 0 saturated heterocycles. The molecule has 0 N–H and O–H groups in total. The van der Waals surface area contributed by atoms with E-state index in [1.807, 2.05) is 12.1 Å². The zero-order chi connectivity index (χ0) is 16.0. The van der Waals surface area contributed by atoms with Gasteiger partial charge in [0.2, 0.25) is 0 Å². The molecule has 0 atom stereocenters. The van der Waals surface area contributed by atoms with E-state index in [-0.39, 0.29) is 5.78 Å². The highest BCUT2D eigenvalue weighted by molar-refractivity contribution is 5.96. The molecule has 1 rings (SSSR count). The molecule has 1 aromatic carbocycles. The standard InChI is InChI=1S/C20H31O2/c1-2-3-4-5-6-7-8-9-10-11-12-18-13-15-19(16-14-18)20(22)17-21/h13-16H,2-12,17H2,1H3. The minimum Gasteiger partial charge on any atom is -0.291 e. The van der Waals surface area contributed by atoms with Crippen LogP contribution >= 0.6 is 0 Å². The van der Waals surface area contributed by atoms with Gasteiger partial charge in [-0.2, -0.15) is 0 Å². The molecule has 0 amide bonds. The fourth-order valence-corrected chi connectivity index (χ4v) is 2.76. The molecule has 1 radical (unpaired) electrons. The van der Waals surface area contributed by atoms with Crippen LogP contribution in [0.5, 0.6) is 0 Å². The normalized spacial score (nSPS) is 10.8. The molecular formula is C20H31O2. The molecule has 0 fully saturated rings. The van der Waals surface area contributed by atoms with Crippen LogP contribution in [0.25, 0.3) is 0 Å². The molecule has 2 nitrogen and oxygen atoms in total. The van der Waals surface area contributed by atoms with Gasteiger partial charge < -0.3 is 0 Å². The van der Waals surface area contributed by atoms with E-state index < -0.39 is 6.61 Å². The largest absolute Gasteiger partial charge is 0.291 e. The van der Waals surface area contributed by atoms with Crippen LogP contribution in [0.3, 0.4) is 0 Å². The number of carbonyl (C=O) groups excluding carboxylic acids is 1. The van der Waals surface area contributed by atoms with E-state index >= 15 is 0 Å². The molecule has 22 heavy (non-hydrogen) atoms. The van der Waals surface area contributed by atoms with E-state index in [1.165, 1.54) is 69.8 Å². The maximum atomic E-state index is 11.3. The number of hydrogen-bond acceptors (Lipinski definition) is 1. The first-order valence-corrected chi connectivity index (χ1v) is 8.98. The van der Waals surface area contributed by atoms with E-state index in [0.717, 1.165) is 6.42 Å². The van der Waals surface area contributed by atoms with Crippen molar-refractivity contribution in [3.05, 3.63) is 35.4 Å². The summed E-state index contributed by atoms with van der Waals surface area (Å²) in [5.74, 6) is -0.314. The van der Waals surface area contributed by atoms with Crippen molar-refractivity contribution in [2.75, 3.05) is 6.61 Å². The van der Waals surface area contributed by atoms with Gasteiger partial charge in [0.1, 0.15) is 6.61 Å². The first-order valence-electron chi connectivity index (χ1n) is 8.98. The molecule has 0 aliphatic heterocycles. The van der Waals surface area contributed by atoms with Crippen LogP contribution in [0.15, 0.2) is 24.3 Å². The molecule has 1 aromatic rings. The van der Waals surface area contributed by atoms with Gasteiger partial charge in [0.05, 0.1) is 0 Å². The van der Waals surface area contributed by atoms with Crippen molar-refractivity contribution in [2.24, 2.45) is 0 Å². The monoisotopic (exact) mass is 303 g/mol. The Morgan fingerprint density at radius 3 is 1.77 bits per heavy atom. The van der Waals surface area contributed by atoms with Crippen LogP contribution in [0, 0.1) is 0 Å². The van der Waals surface area contributed by atoms with Crippen LogP contribution in [-0.2, 0) is 11.5 Å². The Labute approximate surface area is 135 Å². The summed E-state index contributed by atoms with van der Waals surface area (Å²) in [7, 11) is 0. The molecule has 0 aliphatic rings. The predicted molar refractivity (Wildman–Crippen MR) is 91.9 cm³/mol. The van der Waals surface area contributed by atoms with Crippen LogP contribution in [-0.4, -0.2) is 12.4 Å². The second-order valence-corrected chi connectivity index (χ2v) is 6.20. The number of Topliss-reactive ketones (excluding diaryl/α,β-unsaturated/α-hetero) is 1. The molecule has 0 bridgehead atoms. The summed E-state index contributed by atoms with van der Waals surface area (Å²) < 4.78 is 0. The van der Waals surface area contributed by atoms with Crippen molar-refractivity contribution in [1.29, 1.82) is 0 Å². The van der Waals surface area contributed by atoms with Crippen molar-refractivity contribution in [1.82, 2.24) is 0 Å². The van der Waals surface area contributed by atoms with Gasteiger partial charge in [-0.3, -0.25) is 4.79 Å². The number of benzene rings is 1. The SMILES string of the molecule is CCCCCCCCCCCCc1ccc(C(=O)C[O])cc1. The fourth-order valence-electron chi connectivity index (χ4n) is 2.76. The summed E-state index contributed by atoms with van der Waals surface area (Å²) in [5.41, 5.74) is 1.81. The van der Waals surface area contributed by atoms with Crippen LogP contribution in [0.1, 0.15) is 87.1 Å². The third-order valence-electron chi connectivity index (χ3n) is 4.23. The third kappa shape index (κ3) is 8.33. The van der Waals surface area contributed by atoms with Gasteiger partial charge in [0.15, 0.2) is 5.78 Å². The Morgan fingerprint density at radius 1 is 0.773 bits per heavy atom. The number of rotatable bonds is 13. The third-order valence-corrected chi connectivity index (χ3v) is 4.23. The summed E-state index contributed by atoms with van der Waals surface area (Å²) in [6.07, 6.45) is 14.6. The molecule has 0 heterocycles. The number of hydrogen-bond donors (Lipinski definition) is 0. The maximum absolute atomic E-state index is 11.3. The molecule has 0 unspecified atom stereocenters. The lowest BCUT2D eigenvalue weighted by molar-refractivity contribution is 0.0827. The van der Waals surface area contributed by atoms with Gasteiger partial charge in [-0.05, 0) is 18.4 Å². The van der Waals surface area contributed by atoms with E-state index in [1.54, 1.807) is 12.1 Å². The maximum Gasteiger partial charge on any atom is 0.191 e. The van der Waals surface area contributed by atoms with E-state index in [4.69, 9.17) is 0 Å². The topological polar surface area (TPSA) is 37.0 Å². The van der Waals surface area contributed by atoms with Gasteiger partial charge in [-0.1, -0.05) is 89.0 Å². The Bertz CT molecular complexity index is 395. The first-order chi connectivity index (χ1) is 10.8. The second-order valence-electron chi connectivity index (χ2n) is 6.20. The molecule has 2 heteroatoms. The van der Waals surface area contributed by atoms with E-state index in [2.05, 4.69) is 6.92 Å². The van der Waals surface area contributed by atoms with Crippen molar-refractivity contribution < 1.29 is 9.90 Å². The lowest BCUT2D eigenvalue weighted by Gasteiger charge is -2.04. The van der Waals surface area contributed by atoms with Crippen molar-refractivity contribution in [3.63, 3.8) is 0 Å². The average Bonchev–Trinajstić information content (AvgIpc) is 2.56. The molecular weight excluding hydrogens is 272 g/mol. The molecule has 0 spiro atoms.